The lowest BCUT2D eigenvalue weighted by atomic mass is 9.80. The normalized spacial score (nSPS) is 21.6. The van der Waals surface area contributed by atoms with E-state index in [1.165, 1.54) is 22.3 Å². The molecule has 0 fully saturated rings. The van der Waals surface area contributed by atoms with Crippen LogP contribution in [0.5, 0.6) is 23.0 Å². The average molecular weight is 479 g/mol. The van der Waals surface area contributed by atoms with Crippen molar-refractivity contribution >= 4 is 0 Å². The van der Waals surface area contributed by atoms with Crippen LogP contribution in [0.2, 0.25) is 0 Å². The quantitative estimate of drug-likeness (QED) is 0.565. The summed E-state index contributed by atoms with van der Waals surface area (Å²) >= 11 is 0. The van der Waals surface area contributed by atoms with Gasteiger partial charge in [-0.1, -0.05) is 18.1 Å². The van der Waals surface area contributed by atoms with Gasteiger partial charge >= 0.3 is 0 Å². The lowest BCUT2D eigenvalue weighted by Gasteiger charge is -2.43. The van der Waals surface area contributed by atoms with Crippen LogP contribution in [0.25, 0.3) is 0 Å². The molecule has 3 heterocycles. The van der Waals surface area contributed by atoms with Gasteiger partial charge in [-0.3, -0.25) is 4.90 Å². The zero-order chi connectivity index (χ0) is 24.5. The summed E-state index contributed by atoms with van der Waals surface area (Å²) < 4.78 is 22.5. The van der Waals surface area contributed by atoms with Crippen LogP contribution in [0.3, 0.4) is 0 Å². The first-order valence-electron chi connectivity index (χ1n) is 12.8. The summed E-state index contributed by atoms with van der Waals surface area (Å²) in [5.74, 6) is 3.27. The van der Waals surface area contributed by atoms with Crippen LogP contribution in [0.1, 0.15) is 60.5 Å². The number of hydrogen-bond donors (Lipinski definition) is 1. The molecule has 0 spiro atoms. The zero-order valence-electron chi connectivity index (χ0n) is 21.7. The van der Waals surface area contributed by atoms with Crippen LogP contribution >= 0.6 is 0 Å². The van der Waals surface area contributed by atoms with Gasteiger partial charge in [0.25, 0.3) is 0 Å². The summed E-state index contributed by atoms with van der Waals surface area (Å²) in [5.41, 5.74) is 8.68. The lowest BCUT2D eigenvalue weighted by Crippen LogP contribution is -2.40. The minimum Gasteiger partial charge on any atom is -0.493 e. The highest BCUT2D eigenvalue weighted by Crippen LogP contribution is 2.46. The van der Waals surface area contributed by atoms with Crippen molar-refractivity contribution in [2.45, 2.75) is 51.1 Å². The standard InChI is InChI=1S/C29H38N2O4/c1-6-18-17-31-10-8-20-14-27(33-3)29(35-5)16-23(20)25(31)12-21(18)11-24-22-15-28(34-4)26(32-2)13-19(22)7-9-30-24/h13-16,24-25,30H,6-12,17H2,1-5H3/t24-,25-/m1/s1. The Morgan fingerprint density at radius 2 is 1.40 bits per heavy atom. The lowest BCUT2D eigenvalue weighted by molar-refractivity contribution is 0.181. The van der Waals surface area contributed by atoms with Gasteiger partial charge in [-0.05, 0) is 85.2 Å². The fourth-order valence-corrected chi connectivity index (χ4v) is 6.23. The van der Waals surface area contributed by atoms with E-state index >= 15 is 0 Å². The van der Waals surface area contributed by atoms with E-state index in [1.54, 1.807) is 39.6 Å². The topological polar surface area (TPSA) is 52.2 Å². The van der Waals surface area contributed by atoms with E-state index in [0.717, 1.165) is 74.7 Å². The minimum atomic E-state index is 0.287. The van der Waals surface area contributed by atoms with Gasteiger partial charge in [-0.2, -0.15) is 0 Å². The molecule has 0 saturated heterocycles. The van der Waals surface area contributed by atoms with Gasteiger partial charge in [0.15, 0.2) is 23.0 Å². The van der Waals surface area contributed by atoms with E-state index < -0.39 is 0 Å². The highest BCUT2D eigenvalue weighted by molar-refractivity contribution is 5.51. The molecule has 0 aromatic heterocycles. The van der Waals surface area contributed by atoms with Crippen molar-refractivity contribution < 1.29 is 18.9 Å². The average Bonchev–Trinajstić information content (AvgIpc) is 2.91. The van der Waals surface area contributed by atoms with Crippen LogP contribution in [0.4, 0.5) is 0 Å². The number of ether oxygens (including phenoxy) is 4. The van der Waals surface area contributed by atoms with Gasteiger partial charge in [0.1, 0.15) is 0 Å². The fourth-order valence-electron chi connectivity index (χ4n) is 6.23. The molecule has 2 aromatic carbocycles. The number of fused-ring (bicyclic) bond motifs is 4. The van der Waals surface area contributed by atoms with Gasteiger partial charge in [-0.15, -0.1) is 0 Å². The third-order valence-corrected chi connectivity index (χ3v) is 8.13. The first-order valence-corrected chi connectivity index (χ1v) is 12.8. The molecule has 35 heavy (non-hydrogen) atoms. The van der Waals surface area contributed by atoms with Crippen molar-refractivity contribution in [3.8, 4) is 23.0 Å². The van der Waals surface area contributed by atoms with E-state index in [4.69, 9.17) is 18.9 Å². The van der Waals surface area contributed by atoms with Crippen molar-refractivity contribution in [3.05, 3.63) is 57.7 Å². The van der Waals surface area contributed by atoms with Crippen molar-refractivity contribution in [1.82, 2.24) is 10.2 Å². The number of benzene rings is 2. The summed E-state index contributed by atoms with van der Waals surface area (Å²) in [7, 11) is 6.86. The molecule has 0 saturated carbocycles. The molecular formula is C29H38N2O4. The largest absolute Gasteiger partial charge is 0.493 e. The van der Waals surface area contributed by atoms with Gasteiger partial charge < -0.3 is 24.3 Å². The van der Waals surface area contributed by atoms with Crippen LogP contribution < -0.4 is 24.3 Å². The Morgan fingerprint density at radius 3 is 2.03 bits per heavy atom. The third kappa shape index (κ3) is 4.38. The molecule has 3 aliphatic heterocycles. The Labute approximate surface area is 209 Å². The second-order valence-electron chi connectivity index (χ2n) is 9.77. The van der Waals surface area contributed by atoms with Crippen LogP contribution in [-0.4, -0.2) is 53.0 Å². The third-order valence-electron chi connectivity index (χ3n) is 8.13. The van der Waals surface area contributed by atoms with Crippen LogP contribution in [0.15, 0.2) is 35.4 Å². The predicted octanol–water partition coefficient (Wildman–Crippen LogP) is 5.01. The van der Waals surface area contributed by atoms with E-state index in [2.05, 4.69) is 41.4 Å². The number of methoxy groups -OCH3 is 4. The molecule has 0 unspecified atom stereocenters. The van der Waals surface area contributed by atoms with Crippen molar-refractivity contribution in [2.24, 2.45) is 0 Å². The first-order chi connectivity index (χ1) is 17.1. The Bertz CT molecular complexity index is 1130. The highest BCUT2D eigenvalue weighted by Gasteiger charge is 2.35. The molecule has 3 aliphatic rings. The molecule has 2 aromatic rings. The molecular weight excluding hydrogens is 440 g/mol. The van der Waals surface area contributed by atoms with Crippen molar-refractivity contribution in [2.75, 3.05) is 48.1 Å². The molecule has 0 bridgehead atoms. The number of nitrogens with zero attached hydrogens (tertiary/aromatic N) is 1. The zero-order valence-corrected chi connectivity index (χ0v) is 21.7. The highest BCUT2D eigenvalue weighted by atomic mass is 16.5. The van der Waals surface area contributed by atoms with Gasteiger partial charge in [0.2, 0.25) is 0 Å². The van der Waals surface area contributed by atoms with Gasteiger partial charge in [0, 0.05) is 25.2 Å². The van der Waals surface area contributed by atoms with E-state index in [-0.39, 0.29) is 6.04 Å². The Balaban J connectivity index is 1.46. The second kappa shape index (κ2) is 10.1. The number of rotatable bonds is 7. The molecule has 1 N–H and O–H groups in total. The van der Waals surface area contributed by atoms with E-state index in [1.807, 2.05) is 0 Å². The maximum Gasteiger partial charge on any atom is 0.161 e. The monoisotopic (exact) mass is 478 g/mol. The molecule has 2 atom stereocenters. The van der Waals surface area contributed by atoms with E-state index in [0.29, 0.717) is 6.04 Å². The van der Waals surface area contributed by atoms with Crippen LogP contribution in [-0.2, 0) is 12.8 Å². The Kier molecular flexibility index (Phi) is 6.94. The minimum absolute atomic E-state index is 0.287. The molecule has 6 nitrogen and oxygen atoms in total. The second-order valence-corrected chi connectivity index (χ2v) is 9.77. The maximum atomic E-state index is 5.66. The Hall–Kier alpha value is -2.70. The molecule has 0 radical (unpaired) electrons. The van der Waals surface area contributed by atoms with Crippen LogP contribution in [0, 0.1) is 0 Å². The summed E-state index contributed by atoms with van der Waals surface area (Å²) in [6, 6.07) is 9.41. The SMILES string of the molecule is CCC1=C(C[C@H]2NCCc3cc(OC)c(OC)cc32)C[C@@H]2c3cc(OC)c(OC)cc3CCN2C1. The summed E-state index contributed by atoms with van der Waals surface area (Å²) in [4.78, 5) is 2.66. The summed E-state index contributed by atoms with van der Waals surface area (Å²) in [6.07, 6.45) is 5.25. The Morgan fingerprint density at radius 1 is 0.800 bits per heavy atom. The molecule has 0 aliphatic carbocycles. The first kappa shape index (κ1) is 24.0. The smallest absolute Gasteiger partial charge is 0.161 e. The molecule has 0 amide bonds. The maximum absolute atomic E-state index is 5.66. The molecule has 6 heteroatoms. The number of hydrogen-bond acceptors (Lipinski definition) is 6. The summed E-state index contributed by atoms with van der Waals surface area (Å²) in [6.45, 7) is 5.43. The number of nitrogens with one attached hydrogen (secondary N) is 1. The predicted molar refractivity (Wildman–Crippen MR) is 138 cm³/mol. The van der Waals surface area contributed by atoms with Crippen molar-refractivity contribution in [1.29, 1.82) is 0 Å². The van der Waals surface area contributed by atoms with Gasteiger partial charge in [0.05, 0.1) is 28.4 Å². The fraction of sp³-hybridized carbons (Fsp3) is 0.517. The van der Waals surface area contributed by atoms with E-state index in [9.17, 15) is 0 Å². The summed E-state index contributed by atoms with van der Waals surface area (Å²) in [5, 5.41) is 3.80. The van der Waals surface area contributed by atoms with Crippen molar-refractivity contribution in [3.63, 3.8) is 0 Å². The molecule has 188 valence electrons. The van der Waals surface area contributed by atoms with Gasteiger partial charge in [-0.25, -0.2) is 0 Å². The molecule has 5 rings (SSSR count).